The van der Waals surface area contributed by atoms with E-state index in [9.17, 15) is 4.79 Å². The van der Waals surface area contributed by atoms with Gasteiger partial charge in [0.2, 0.25) is 5.91 Å². The molecule has 3 N–H and O–H groups in total. The van der Waals surface area contributed by atoms with Crippen LogP contribution in [0.15, 0.2) is 24.3 Å². The summed E-state index contributed by atoms with van der Waals surface area (Å²) in [5.41, 5.74) is 6.85. The molecular formula is C16H26N2O2. The third-order valence-electron chi connectivity index (χ3n) is 2.99. The van der Waals surface area contributed by atoms with Gasteiger partial charge in [0.05, 0.1) is 6.04 Å². The third kappa shape index (κ3) is 7.14. The van der Waals surface area contributed by atoms with E-state index in [4.69, 9.17) is 10.5 Å². The van der Waals surface area contributed by atoms with Crippen molar-refractivity contribution in [3.8, 4) is 5.75 Å². The van der Waals surface area contributed by atoms with Gasteiger partial charge in [-0.1, -0.05) is 17.7 Å². The highest BCUT2D eigenvalue weighted by Gasteiger charge is 2.08. The molecule has 1 aromatic rings. The van der Waals surface area contributed by atoms with E-state index in [0.717, 1.165) is 18.6 Å². The average Bonchev–Trinajstić information content (AvgIpc) is 2.37. The van der Waals surface area contributed by atoms with Crippen LogP contribution in [0.25, 0.3) is 0 Å². The molecular weight excluding hydrogens is 252 g/mol. The number of nitrogens with two attached hydrogens (primary N) is 1. The number of ether oxygens (including phenoxy) is 1. The van der Waals surface area contributed by atoms with Gasteiger partial charge in [-0.15, -0.1) is 0 Å². The maximum atomic E-state index is 11.7. The minimum Gasteiger partial charge on any atom is -0.491 e. The van der Waals surface area contributed by atoms with Crippen LogP contribution in [0.1, 0.15) is 38.7 Å². The van der Waals surface area contributed by atoms with Crippen molar-refractivity contribution in [2.75, 3.05) is 6.61 Å². The second-order valence-corrected chi connectivity index (χ2v) is 5.46. The summed E-state index contributed by atoms with van der Waals surface area (Å²) < 4.78 is 5.63. The molecule has 0 saturated carbocycles. The van der Waals surface area contributed by atoms with Crippen LogP contribution in [0.4, 0.5) is 0 Å². The Labute approximate surface area is 121 Å². The summed E-state index contributed by atoms with van der Waals surface area (Å²) in [5, 5.41) is 2.93. The van der Waals surface area contributed by atoms with Crippen LogP contribution in [-0.4, -0.2) is 24.6 Å². The lowest BCUT2D eigenvalue weighted by Gasteiger charge is -2.15. The molecule has 1 amide bonds. The van der Waals surface area contributed by atoms with E-state index in [2.05, 4.69) is 5.32 Å². The first kappa shape index (κ1) is 16.5. The molecule has 0 radical (unpaired) electrons. The van der Waals surface area contributed by atoms with Crippen molar-refractivity contribution in [1.29, 1.82) is 0 Å². The van der Waals surface area contributed by atoms with Gasteiger partial charge in [-0.25, -0.2) is 0 Å². The van der Waals surface area contributed by atoms with E-state index in [1.807, 2.05) is 45.0 Å². The van der Waals surface area contributed by atoms with E-state index in [1.54, 1.807) is 0 Å². The highest BCUT2D eigenvalue weighted by molar-refractivity contribution is 5.76. The van der Waals surface area contributed by atoms with Crippen LogP contribution in [0, 0.1) is 6.92 Å². The molecule has 0 aliphatic carbocycles. The SMILES string of the molecule is Cc1ccc(OCC(C)NC(=O)CCCC(C)N)cc1. The van der Waals surface area contributed by atoms with Crippen molar-refractivity contribution in [1.82, 2.24) is 5.32 Å². The molecule has 4 nitrogen and oxygen atoms in total. The number of carbonyl (C=O) groups is 1. The highest BCUT2D eigenvalue weighted by atomic mass is 16.5. The van der Waals surface area contributed by atoms with Gasteiger partial charge < -0.3 is 15.8 Å². The van der Waals surface area contributed by atoms with Gasteiger partial charge in [0, 0.05) is 12.5 Å². The monoisotopic (exact) mass is 278 g/mol. The fraction of sp³-hybridized carbons (Fsp3) is 0.562. The molecule has 0 aliphatic rings. The number of hydrogen-bond acceptors (Lipinski definition) is 3. The van der Waals surface area contributed by atoms with Crippen LogP contribution in [0.2, 0.25) is 0 Å². The van der Waals surface area contributed by atoms with Crippen molar-refractivity contribution < 1.29 is 9.53 Å². The second-order valence-electron chi connectivity index (χ2n) is 5.46. The van der Waals surface area contributed by atoms with Gasteiger partial charge in [0.15, 0.2) is 0 Å². The Morgan fingerprint density at radius 3 is 2.55 bits per heavy atom. The molecule has 112 valence electrons. The molecule has 1 aromatic carbocycles. The van der Waals surface area contributed by atoms with Crippen molar-refractivity contribution in [3.63, 3.8) is 0 Å². The molecule has 0 saturated heterocycles. The molecule has 2 atom stereocenters. The van der Waals surface area contributed by atoms with E-state index in [-0.39, 0.29) is 18.0 Å². The summed E-state index contributed by atoms with van der Waals surface area (Å²) in [6.45, 7) is 6.41. The summed E-state index contributed by atoms with van der Waals surface area (Å²) in [6, 6.07) is 8.04. The third-order valence-corrected chi connectivity index (χ3v) is 2.99. The average molecular weight is 278 g/mol. The van der Waals surface area contributed by atoms with Crippen LogP contribution in [0.5, 0.6) is 5.75 Å². The molecule has 0 bridgehead atoms. The number of amides is 1. The first-order chi connectivity index (χ1) is 9.47. The lowest BCUT2D eigenvalue weighted by atomic mass is 10.1. The van der Waals surface area contributed by atoms with E-state index >= 15 is 0 Å². The van der Waals surface area contributed by atoms with Gasteiger partial charge in [0.25, 0.3) is 0 Å². The van der Waals surface area contributed by atoms with Crippen LogP contribution >= 0.6 is 0 Å². The van der Waals surface area contributed by atoms with Crippen molar-refractivity contribution in [3.05, 3.63) is 29.8 Å². The quantitative estimate of drug-likeness (QED) is 0.767. The molecule has 4 heteroatoms. The van der Waals surface area contributed by atoms with E-state index < -0.39 is 0 Å². The first-order valence-corrected chi connectivity index (χ1v) is 7.22. The fourth-order valence-electron chi connectivity index (χ4n) is 1.83. The van der Waals surface area contributed by atoms with Crippen molar-refractivity contribution in [2.45, 2.75) is 52.1 Å². The van der Waals surface area contributed by atoms with Gasteiger partial charge in [-0.2, -0.15) is 0 Å². The fourth-order valence-corrected chi connectivity index (χ4v) is 1.83. The summed E-state index contributed by atoms with van der Waals surface area (Å²) in [6.07, 6.45) is 2.23. The lowest BCUT2D eigenvalue weighted by molar-refractivity contribution is -0.122. The zero-order chi connectivity index (χ0) is 15.0. The van der Waals surface area contributed by atoms with Gasteiger partial charge >= 0.3 is 0 Å². The molecule has 1 rings (SSSR count). The van der Waals surface area contributed by atoms with Crippen LogP contribution in [-0.2, 0) is 4.79 Å². The zero-order valence-electron chi connectivity index (χ0n) is 12.7. The molecule has 0 aromatic heterocycles. The maximum Gasteiger partial charge on any atom is 0.220 e. The smallest absolute Gasteiger partial charge is 0.220 e. The van der Waals surface area contributed by atoms with Gasteiger partial charge in [0.1, 0.15) is 12.4 Å². The predicted octanol–water partition coefficient (Wildman–Crippen LogP) is 2.40. The number of hydrogen-bond donors (Lipinski definition) is 2. The van der Waals surface area contributed by atoms with E-state index in [1.165, 1.54) is 5.56 Å². The van der Waals surface area contributed by atoms with Crippen molar-refractivity contribution >= 4 is 5.91 Å². The molecule has 0 spiro atoms. The standard InChI is InChI=1S/C16H26N2O2/c1-12-7-9-15(10-8-12)20-11-14(3)18-16(19)6-4-5-13(2)17/h7-10,13-14H,4-6,11,17H2,1-3H3,(H,18,19). The Balaban J connectivity index is 2.20. The summed E-state index contributed by atoms with van der Waals surface area (Å²) in [7, 11) is 0. The largest absolute Gasteiger partial charge is 0.491 e. The summed E-state index contributed by atoms with van der Waals surface area (Å²) in [5.74, 6) is 0.888. The Kier molecular flexibility index (Phi) is 7.09. The first-order valence-electron chi connectivity index (χ1n) is 7.22. The number of carbonyl (C=O) groups excluding carboxylic acids is 1. The number of rotatable bonds is 8. The molecule has 0 fully saturated rings. The zero-order valence-corrected chi connectivity index (χ0v) is 12.7. The predicted molar refractivity (Wildman–Crippen MR) is 81.8 cm³/mol. The Morgan fingerprint density at radius 1 is 1.30 bits per heavy atom. The van der Waals surface area contributed by atoms with Gasteiger partial charge in [-0.05, 0) is 45.7 Å². The molecule has 0 aliphatic heterocycles. The van der Waals surface area contributed by atoms with Gasteiger partial charge in [-0.3, -0.25) is 4.79 Å². The normalized spacial score (nSPS) is 13.6. The topological polar surface area (TPSA) is 64.3 Å². The van der Waals surface area contributed by atoms with Crippen LogP contribution < -0.4 is 15.8 Å². The summed E-state index contributed by atoms with van der Waals surface area (Å²) in [4.78, 5) is 11.7. The lowest BCUT2D eigenvalue weighted by Crippen LogP contribution is -2.36. The minimum absolute atomic E-state index is 0.000830. The Hall–Kier alpha value is -1.55. The number of aryl methyl sites for hydroxylation is 1. The number of nitrogens with one attached hydrogen (secondary N) is 1. The van der Waals surface area contributed by atoms with E-state index in [0.29, 0.717) is 13.0 Å². The van der Waals surface area contributed by atoms with Crippen LogP contribution in [0.3, 0.4) is 0 Å². The summed E-state index contributed by atoms with van der Waals surface area (Å²) >= 11 is 0. The Morgan fingerprint density at radius 2 is 1.95 bits per heavy atom. The Bertz CT molecular complexity index is 401. The number of benzene rings is 1. The molecule has 2 unspecified atom stereocenters. The molecule has 20 heavy (non-hydrogen) atoms. The minimum atomic E-state index is -0.000830. The molecule has 0 heterocycles. The van der Waals surface area contributed by atoms with Crippen molar-refractivity contribution in [2.24, 2.45) is 5.73 Å². The second kappa shape index (κ2) is 8.59. The highest BCUT2D eigenvalue weighted by Crippen LogP contribution is 2.11. The maximum absolute atomic E-state index is 11.7.